The van der Waals surface area contributed by atoms with Gasteiger partial charge in [0, 0.05) is 52.4 Å². The Labute approximate surface area is 167 Å². The summed E-state index contributed by atoms with van der Waals surface area (Å²) in [5, 5.41) is 8.07. The van der Waals surface area contributed by atoms with Crippen molar-refractivity contribution in [2.75, 3.05) is 57.3 Å². The fourth-order valence-electron chi connectivity index (χ4n) is 3.11. The first-order valence-corrected chi connectivity index (χ1v) is 9.63. The predicted molar refractivity (Wildman–Crippen MR) is 103 cm³/mol. The van der Waals surface area contributed by atoms with E-state index >= 15 is 0 Å². The van der Waals surface area contributed by atoms with Crippen LogP contribution in [0.5, 0.6) is 11.6 Å². The maximum Gasteiger partial charge on any atom is 0.364 e. The highest BCUT2D eigenvalue weighted by atomic mass is 19.1. The zero-order chi connectivity index (χ0) is 20.1. The van der Waals surface area contributed by atoms with Crippen molar-refractivity contribution in [1.29, 1.82) is 0 Å². The number of carbonyl (C=O) groups is 1. The lowest BCUT2D eigenvalue weighted by atomic mass is 10.3. The van der Waals surface area contributed by atoms with Gasteiger partial charge in [-0.2, -0.15) is 4.98 Å². The van der Waals surface area contributed by atoms with Gasteiger partial charge in [0.05, 0.1) is 6.20 Å². The number of hydroxylamine groups is 2. The molecule has 154 valence electrons. The summed E-state index contributed by atoms with van der Waals surface area (Å²) >= 11 is 0. The number of anilines is 1. The van der Waals surface area contributed by atoms with Crippen LogP contribution in [-0.2, 0) is 4.84 Å². The van der Waals surface area contributed by atoms with Gasteiger partial charge in [-0.3, -0.25) is 0 Å². The van der Waals surface area contributed by atoms with Crippen molar-refractivity contribution in [3.8, 4) is 11.6 Å². The Hall–Kier alpha value is -2.82. The first kappa shape index (κ1) is 19.5. The number of piperazine rings is 2. The van der Waals surface area contributed by atoms with Crippen LogP contribution in [0.1, 0.15) is 10.4 Å². The maximum atomic E-state index is 13.2. The molecule has 1 aromatic carbocycles. The van der Waals surface area contributed by atoms with Crippen molar-refractivity contribution in [3.63, 3.8) is 0 Å². The van der Waals surface area contributed by atoms with Crippen LogP contribution in [0.15, 0.2) is 30.5 Å². The SMILES string of the molecule is O=C(ON1CCNCC1)c1cnc(N2CCNCC2)nc1Oc1ccc(F)cc1. The Morgan fingerprint density at radius 1 is 1.00 bits per heavy atom. The minimum Gasteiger partial charge on any atom is -0.438 e. The van der Waals surface area contributed by atoms with Gasteiger partial charge in [-0.15, -0.1) is 5.06 Å². The highest BCUT2D eigenvalue weighted by Gasteiger charge is 2.24. The molecule has 2 aromatic rings. The number of benzene rings is 1. The topological polar surface area (TPSA) is 91.9 Å². The number of nitrogens with one attached hydrogen (secondary N) is 2. The molecule has 0 radical (unpaired) electrons. The van der Waals surface area contributed by atoms with E-state index < -0.39 is 5.97 Å². The van der Waals surface area contributed by atoms with E-state index in [0.29, 0.717) is 24.8 Å². The van der Waals surface area contributed by atoms with Crippen LogP contribution in [0.25, 0.3) is 0 Å². The molecule has 1 aromatic heterocycles. The second-order valence-corrected chi connectivity index (χ2v) is 6.74. The average molecular weight is 402 g/mol. The molecule has 29 heavy (non-hydrogen) atoms. The maximum absolute atomic E-state index is 13.2. The van der Waals surface area contributed by atoms with E-state index in [9.17, 15) is 9.18 Å². The number of carbonyl (C=O) groups excluding carboxylic acids is 1. The molecule has 2 N–H and O–H groups in total. The normalized spacial score (nSPS) is 17.8. The molecule has 0 amide bonds. The van der Waals surface area contributed by atoms with E-state index in [1.165, 1.54) is 30.5 Å². The summed E-state index contributed by atoms with van der Waals surface area (Å²) in [6, 6.07) is 5.53. The third-order valence-electron chi connectivity index (χ3n) is 4.68. The van der Waals surface area contributed by atoms with E-state index in [-0.39, 0.29) is 17.3 Å². The number of halogens is 1. The van der Waals surface area contributed by atoms with Gasteiger partial charge in [0.15, 0.2) is 0 Å². The van der Waals surface area contributed by atoms with Crippen LogP contribution in [0, 0.1) is 5.82 Å². The molecule has 3 heterocycles. The molecule has 10 heteroatoms. The van der Waals surface area contributed by atoms with Crippen molar-refractivity contribution >= 4 is 11.9 Å². The quantitative estimate of drug-likeness (QED) is 0.753. The number of rotatable bonds is 5. The third kappa shape index (κ3) is 4.97. The van der Waals surface area contributed by atoms with Gasteiger partial charge < -0.3 is 25.1 Å². The van der Waals surface area contributed by atoms with E-state index in [0.717, 1.165) is 39.3 Å². The Bertz CT molecular complexity index is 838. The second kappa shape index (κ2) is 9.12. The third-order valence-corrected chi connectivity index (χ3v) is 4.68. The fourth-order valence-corrected chi connectivity index (χ4v) is 3.11. The van der Waals surface area contributed by atoms with E-state index in [2.05, 4.69) is 20.6 Å². The highest BCUT2D eigenvalue weighted by Crippen LogP contribution is 2.26. The lowest BCUT2D eigenvalue weighted by molar-refractivity contribution is -0.115. The lowest BCUT2D eigenvalue weighted by Crippen LogP contribution is -2.44. The molecular weight excluding hydrogens is 379 g/mol. The van der Waals surface area contributed by atoms with Crippen molar-refractivity contribution in [2.45, 2.75) is 0 Å². The zero-order valence-electron chi connectivity index (χ0n) is 15.9. The summed E-state index contributed by atoms with van der Waals surface area (Å²) in [5.74, 6) is -0.0362. The number of ether oxygens (including phenoxy) is 1. The molecule has 2 saturated heterocycles. The molecule has 4 rings (SSSR count). The molecule has 0 bridgehead atoms. The van der Waals surface area contributed by atoms with Crippen LogP contribution >= 0.6 is 0 Å². The summed E-state index contributed by atoms with van der Waals surface area (Å²) in [7, 11) is 0. The molecule has 2 aliphatic heterocycles. The number of aromatic nitrogens is 2. The van der Waals surface area contributed by atoms with E-state index in [4.69, 9.17) is 9.57 Å². The number of nitrogens with zero attached hydrogens (tertiary/aromatic N) is 4. The Kier molecular flexibility index (Phi) is 6.13. The van der Waals surface area contributed by atoms with Crippen LogP contribution < -0.4 is 20.3 Å². The van der Waals surface area contributed by atoms with Gasteiger partial charge in [0.1, 0.15) is 17.1 Å². The standard InChI is InChI=1S/C19H23FN6O3/c20-14-1-3-15(4-2-14)28-17-16(18(27)29-26-11-7-22-8-12-26)13-23-19(24-17)25-9-5-21-6-10-25/h1-4,13,21-22H,5-12H2. The van der Waals surface area contributed by atoms with Crippen LogP contribution in [0.4, 0.5) is 10.3 Å². The average Bonchev–Trinajstić information content (AvgIpc) is 2.76. The van der Waals surface area contributed by atoms with Gasteiger partial charge in [-0.25, -0.2) is 14.2 Å². The summed E-state index contributed by atoms with van der Waals surface area (Å²) in [4.78, 5) is 29.0. The van der Waals surface area contributed by atoms with Gasteiger partial charge in [-0.05, 0) is 24.3 Å². The summed E-state index contributed by atoms with van der Waals surface area (Å²) < 4.78 is 19.0. The Balaban J connectivity index is 1.59. The molecule has 0 unspecified atom stereocenters. The van der Waals surface area contributed by atoms with Crippen LogP contribution in [0.2, 0.25) is 0 Å². The molecule has 0 saturated carbocycles. The molecule has 2 aliphatic rings. The first-order chi connectivity index (χ1) is 14.2. The van der Waals surface area contributed by atoms with Crippen molar-refractivity contribution in [3.05, 3.63) is 41.8 Å². The first-order valence-electron chi connectivity index (χ1n) is 9.63. The number of hydrogen-bond acceptors (Lipinski definition) is 9. The summed E-state index contributed by atoms with van der Waals surface area (Å²) in [6.07, 6.45) is 1.42. The Morgan fingerprint density at radius 3 is 2.34 bits per heavy atom. The van der Waals surface area contributed by atoms with Gasteiger partial charge in [-0.1, -0.05) is 0 Å². The molecule has 0 atom stereocenters. The summed E-state index contributed by atoms with van der Waals surface area (Å²) in [6.45, 7) is 5.82. The fraction of sp³-hybridized carbons (Fsp3) is 0.421. The smallest absolute Gasteiger partial charge is 0.364 e. The van der Waals surface area contributed by atoms with Crippen molar-refractivity contribution in [2.24, 2.45) is 0 Å². The zero-order valence-corrected chi connectivity index (χ0v) is 15.9. The van der Waals surface area contributed by atoms with Gasteiger partial charge >= 0.3 is 5.97 Å². The van der Waals surface area contributed by atoms with Gasteiger partial charge in [0.2, 0.25) is 11.8 Å². The minimum atomic E-state index is -0.587. The van der Waals surface area contributed by atoms with E-state index in [1.54, 1.807) is 5.06 Å². The summed E-state index contributed by atoms with van der Waals surface area (Å²) in [5.41, 5.74) is 0.117. The lowest BCUT2D eigenvalue weighted by Gasteiger charge is -2.28. The Morgan fingerprint density at radius 2 is 1.66 bits per heavy atom. The monoisotopic (exact) mass is 402 g/mol. The van der Waals surface area contributed by atoms with Crippen molar-refractivity contribution in [1.82, 2.24) is 25.7 Å². The predicted octanol–water partition coefficient (Wildman–Crippen LogP) is 0.795. The van der Waals surface area contributed by atoms with Crippen molar-refractivity contribution < 1.29 is 18.8 Å². The molecule has 0 aliphatic carbocycles. The van der Waals surface area contributed by atoms with Gasteiger partial charge in [0.25, 0.3) is 0 Å². The minimum absolute atomic E-state index is 0.0836. The molecular formula is C19H23FN6O3. The second-order valence-electron chi connectivity index (χ2n) is 6.74. The van der Waals surface area contributed by atoms with Crippen LogP contribution in [-0.4, -0.2) is 73.4 Å². The van der Waals surface area contributed by atoms with Crippen LogP contribution in [0.3, 0.4) is 0 Å². The molecule has 0 spiro atoms. The van der Waals surface area contributed by atoms with E-state index in [1.807, 2.05) is 4.90 Å². The number of hydrogen-bond donors (Lipinski definition) is 2. The largest absolute Gasteiger partial charge is 0.438 e. The highest BCUT2D eigenvalue weighted by molar-refractivity contribution is 5.91. The molecule has 2 fully saturated rings. The molecule has 9 nitrogen and oxygen atoms in total.